The van der Waals surface area contributed by atoms with Crippen LogP contribution < -0.4 is 11.1 Å². The van der Waals surface area contributed by atoms with Crippen molar-refractivity contribution in [2.75, 3.05) is 25.1 Å². The van der Waals surface area contributed by atoms with E-state index in [1.54, 1.807) is 16.7 Å². The van der Waals surface area contributed by atoms with Crippen LogP contribution in [-0.4, -0.2) is 48.0 Å². The Balaban J connectivity index is 2.31. The molecule has 0 aromatic heterocycles. The van der Waals surface area contributed by atoms with Gasteiger partial charge in [0.1, 0.15) is 0 Å². The summed E-state index contributed by atoms with van der Waals surface area (Å²) in [6, 6.07) is -0.884. The van der Waals surface area contributed by atoms with Gasteiger partial charge in [-0.1, -0.05) is 0 Å². The highest BCUT2D eigenvalue weighted by Gasteiger charge is 2.21. The quantitative estimate of drug-likeness (QED) is 0.782. The number of likely N-dealkylation sites (tertiary alicyclic amines) is 1. The zero-order chi connectivity index (χ0) is 12.7. The molecule has 1 atom stereocenters. The van der Waals surface area contributed by atoms with Crippen LogP contribution in [0.25, 0.3) is 0 Å². The Morgan fingerprint density at radius 1 is 1.35 bits per heavy atom. The normalized spacial score (nSPS) is 17.6. The minimum Gasteiger partial charge on any atom is -0.324 e. The molecule has 3 amide bonds. The largest absolute Gasteiger partial charge is 0.324 e. The van der Waals surface area contributed by atoms with Crippen molar-refractivity contribution in [3.63, 3.8) is 0 Å². The first-order chi connectivity index (χ1) is 8.15. The fourth-order valence-electron chi connectivity index (χ4n) is 1.75. The minimum absolute atomic E-state index is 0.297. The molecule has 1 aliphatic heterocycles. The number of hydrogen-bond acceptors (Lipinski definition) is 4. The number of nitrogens with two attached hydrogens (primary N) is 1. The van der Waals surface area contributed by atoms with Gasteiger partial charge in [-0.05, 0) is 37.7 Å². The van der Waals surface area contributed by atoms with Gasteiger partial charge < -0.3 is 10.6 Å². The summed E-state index contributed by atoms with van der Waals surface area (Å²) < 4.78 is 0. The molecule has 0 aliphatic carbocycles. The molecule has 1 fully saturated rings. The Morgan fingerprint density at radius 3 is 2.59 bits per heavy atom. The first-order valence-corrected chi connectivity index (χ1v) is 7.39. The lowest BCUT2D eigenvalue weighted by molar-refractivity contribution is -0.121. The molecule has 0 radical (unpaired) electrons. The van der Waals surface area contributed by atoms with E-state index in [4.69, 9.17) is 5.73 Å². The van der Waals surface area contributed by atoms with Crippen LogP contribution in [0.1, 0.15) is 25.7 Å². The van der Waals surface area contributed by atoms with Crippen LogP contribution in [0, 0.1) is 0 Å². The summed E-state index contributed by atoms with van der Waals surface area (Å²) in [4.78, 5) is 25.0. The summed E-state index contributed by atoms with van der Waals surface area (Å²) in [6.07, 6.45) is 5.75. The first-order valence-electron chi connectivity index (χ1n) is 5.99. The number of carbonyl (C=O) groups excluding carboxylic acids is 2. The Kier molecular flexibility index (Phi) is 6.36. The number of thioether (sulfide) groups is 1. The molecular formula is C11H21N3O2S. The summed E-state index contributed by atoms with van der Waals surface area (Å²) in [5, 5.41) is 2.37. The molecular weight excluding hydrogens is 238 g/mol. The van der Waals surface area contributed by atoms with Crippen LogP contribution >= 0.6 is 11.8 Å². The smallest absolute Gasteiger partial charge is 0.324 e. The Labute approximate surface area is 106 Å². The van der Waals surface area contributed by atoms with Crippen LogP contribution in [0.5, 0.6) is 0 Å². The van der Waals surface area contributed by atoms with Gasteiger partial charge in [-0.3, -0.25) is 10.1 Å². The predicted molar refractivity (Wildman–Crippen MR) is 69.9 cm³/mol. The predicted octanol–water partition coefficient (Wildman–Crippen LogP) is 0.789. The number of urea groups is 1. The fraction of sp³-hybridized carbons (Fsp3) is 0.818. The first kappa shape index (κ1) is 14.3. The van der Waals surface area contributed by atoms with E-state index in [-0.39, 0.29) is 11.9 Å². The van der Waals surface area contributed by atoms with Gasteiger partial charge in [-0.2, -0.15) is 11.8 Å². The maximum atomic E-state index is 11.7. The van der Waals surface area contributed by atoms with Crippen molar-refractivity contribution in [3.8, 4) is 0 Å². The number of rotatable bonds is 4. The van der Waals surface area contributed by atoms with E-state index in [2.05, 4.69) is 5.32 Å². The maximum absolute atomic E-state index is 11.7. The van der Waals surface area contributed by atoms with Crippen molar-refractivity contribution in [3.05, 3.63) is 0 Å². The highest BCUT2D eigenvalue weighted by Crippen LogP contribution is 2.08. The van der Waals surface area contributed by atoms with Gasteiger partial charge in [0.15, 0.2) is 0 Å². The van der Waals surface area contributed by atoms with Crippen LogP contribution in [0.15, 0.2) is 0 Å². The second kappa shape index (κ2) is 7.55. The lowest BCUT2D eigenvalue weighted by atomic mass is 10.1. The summed E-state index contributed by atoms with van der Waals surface area (Å²) in [5.41, 5.74) is 5.69. The van der Waals surface area contributed by atoms with E-state index in [1.165, 1.54) is 0 Å². The fourth-order valence-corrected chi connectivity index (χ4v) is 2.24. The number of carbonyl (C=O) groups is 2. The number of nitrogens with zero attached hydrogens (tertiary/aromatic N) is 1. The standard InChI is InChI=1S/C11H21N3O2S/c1-17-8-5-9(12)10(15)13-11(16)14-6-3-2-4-7-14/h9H,2-8,12H2,1H3,(H,13,15,16)/t9-/m0/s1. The molecule has 1 heterocycles. The topological polar surface area (TPSA) is 75.4 Å². The van der Waals surface area contributed by atoms with E-state index in [1.807, 2.05) is 6.26 Å². The van der Waals surface area contributed by atoms with Crippen molar-refractivity contribution >= 4 is 23.7 Å². The average molecular weight is 259 g/mol. The summed E-state index contributed by atoms with van der Waals surface area (Å²) in [5.74, 6) is 0.460. The number of piperidine rings is 1. The molecule has 0 bridgehead atoms. The van der Waals surface area contributed by atoms with Gasteiger partial charge in [0.05, 0.1) is 6.04 Å². The van der Waals surface area contributed by atoms with Gasteiger partial charge >= 0.3 is 6.03 Å². The summed E-state index contributed by atoms with van der Waals surface area (Å²) >= 11 is 1.64. The second-order valence-electron chi connectivity index (χ2n) is 4.23. The molecule has 1 rings (SSSR count). The molecule has 0 aromatic rings. The number of hydrogen-bond donors (Lipinski definition) is 2. The maximum Gasteiger partial charge on any atom is 0.324 e. The molecule has 0 spiro atoms. The van der Waals surface area contributed by atoms with E-state index in [9.17, 15) is 9.59 Å². The molecule has 1 aliphatic rings. The van der Waals surface area contributed by atoms with E-state index in [0.29, 0.717) is 6.42 Å². The highest BCUT2D eigenvalue weighted by atomic mass is 32.2. The van der Waals surface area contributed by atoms with Crippen LogP contribution in [0.4, 0.5) is 4.79 Å². The van der Waals surface area contributed by atoms with Gasteiger partial charge in [0.2, 0.25) is 5.91 Å². The minimum atomic E-state index is -0.587. The van der Waals surface area contributed by atoms with Gasteiger partial charge in [-0.25, -0.2) is 4.79 Å². The van der Waals surface area contributed by atoms with Gasteiger partial charge in [0, 0.05) is 13.1 Å². The highest BCUT2D eigenvalue weighted by molar-refractivity contribution is 7.98. The number of nitrogens with one attached hydrogen (secondary N) is 1. The number of imide groups is 1. The third kappa shape index (κ3) is 4.95. The molecule has 5 nitrogen and oxygen atoms in total. The Hall–Kier alpha value is -0.750. The SMILES string of the molecule is CSCC[C@H](N)C(=O)NC(=O)N1CCCCC1. The van der Waals surface area contributed by atoms with Crippen molar-refractivity contribution in [2.24, 2.45) is 5.73 Å². The Morgan fingerprint density at radius 2 is 2.00 bits per heavy atom. The molecule has 17 heavy (non-hydrogen) atoms. The van der Waals surface area contributed by atoms with Crippen molar-refractivity contribution in [2.45, 2.75) is 31.7 Å². The molecule has 1 saturated heterocycles. The summed E-state index contributed by atoms with van der Waals surface area (Å²) in [6.45, 7) is 1.47. The van der Waals surface area contributed by atoms with E-state index in [0.717, 1.165) is 38.1 Å². The number of amides is 3. The van der Waals surface area contributed by atoms with E-state index < -0.39 is 6.04 Å². The van der Waals surface area contributed by atoms with Crippen LogP contribution in [-0.2, 0) is 4.79 Å². The lowest BCUT2D eigenvalue weighted by Crippen LogP contribution is -2.50. The molecule has 0 saturated carbocycles. The van der Waals surface area contributed by atoms with Crippen molar-refractivity contribution in [1.29, 1.82) is 0 Å². The average Bonchev–Trinajstić information content (AvgIpc) is 2.36. The van der Waals surface area contributed by atoms with E-state index >= 15 is 0 Å². The molecule has 0 aromatic carbocycles. The van der Waals surface area contributed by atoms with Crippen molar-refractivity contribution < 1.29 is 9.59 Å². The summed E-state index contributed by atoms with van der Waals surface area (Å²) in [7, 11) is 0. The molecule has 0 unspecified atom stereocenters. The third-order valence-electron chi connectivity index (χ3n) is 2.84. The molecule has 6 heteroatoms. The van der Waals surface area contributed by atoms with Gasteiger partial charge in [-0.15, -0.1) is 0 Å². The van der Waals surface area contributed by atoms with Crippen molar-refractivity contribution in [1.82, 2.24) is 10.2 Å². The Bertz CT molecular complexity index is 267. The lowest BCUT2D eigenvalue weighted by Gasteiger charge is -2.26. The monoisotopic (exact) mass is 259 g/mol. The second-order valence-corrected chi connectivity index (χ2v) is 5.22. The third-order valence-corrected chi connectivity index (χ3v) is 3.49. The molecule has 98 valence electrons. The zero-order valence-corrected chi connectivity index (χ0v) is 11.1. The van der Waals surface area contributed by atoms with Crippen LogP contribution in [0.3, 0.4) is 0 Å². The van der Waals surface area contributed by atoms with Crippen LogP contribution in [0.2, 0.25) is 0 Å². The molecule has 3 N–H and O–H groups in total. The van der Waals surface area contributed by atoms with Gasteiger partial charge in [0.25, 0.3) is 0 Å². The zero-order valence-electron chi connectivity index (χ0n) is 10.3.